The van der Waals surface area contributed by atoms with Gasteiger partial charge in [-0.2, -0.15) is 0 Å². The molecule has 0 saturated heterocycles. The van der Waals surface area contributed by atoms with Gasteiger partial charge in [0.15, 0.2) is 0 Å². The molecule has 0 amide bonds. The first-order valence-electron chi connectivity index (χ1n) is 5.05. The Labute approximate surface area is 79.2 Å². The molecule has 1 aliphatic carbocycles. The summed E-state index contributed by atoms with van der Waals surface area (Å²) in [5, 5.41) is 0. The molecule has 0 spiro atoms. The van der Waals surface area contributed by atoms with Gasteiger partial charge in [-0.05, 0) is 36.8 Å². The van der Waals surface area contributed by atoms with Crippen LogP contribution in [0, 0.1) is 0 Å². The van der Waals surface area contributed by atoms with Gasteiger partial charge in [-0.3, -0.25) is 4.98 Å². The molecular weight excluding hydrogens is 160 g/mol. The van der Waals surface area contributed by atoms with Crippen molar-refractivity contribution in [2.24, 2.45) is 5.73 Å². The molecule has 0 aromatic carbocycles. The Kier molecular flexibility index (Phi) is 2.32. The van der Waals surface area contributed by atoms with Crippen LogP contribution in [-0.4, -0.2) is 4.98 Å². The van der Waals surface area contributed by atoms with E-state index in [1.807, 2.05) is 0 Å². The Morgan fingerprint density at radius 1 is 1.46 bits per heavy atom. The minimum Gasteiger partial charge on any atom is -0.326 e. The van der Waals surface area contributed by atoms with Crippen LogP contribution in [0.5, 0.6) is 0 Å². The summed E-state index contributed by atoms with van der Waals surface area (Å²) in [6, 6.07) is 2.26. The van der Waals surface area contributed by atoms with E-state index >= 15 is 0 Å². The van der Waals surface area contributed by atoms with E-state index < -0.39 is 0 Å². The lowest BCUT2D eigenvalue weighted by molar-refractivity contribution is 0.884. The van der Waals surface area contributed by atoms with E-state index in [1.54, 1.807) is 0 Å². The summed E-state index contributed by atoms with van der Waals surface area (Å²) >= 11 is 0. The summed E-state index contributed by atoms with van der Waals surface area (Å²) in [7, 11) is 0. The highest BCUT2D eigenvalue weighted by molar-refractivity contribution is 5.33. The third-order valence-corrected chi connectivity index (χ3v) is 2.77. The van der Waals surface area contributed by atoms with Gasteiger partial charge < -0.3 is 5.73 Å². The van der Waals surface area contributed by atoms with Crippen LogP contribution in [0.2, 0.25) is 0 Å². The molecule has 0 fully saturated rings. The van der Waals surface area contributed by atoms with E-state index in [0.717, 1.165) is 12.8 Å². The van der Waals surface area contributed by atoms with Gasteiger partial charge in [0, 0.05) is 17.9 Å². The Bertz CT molecular complexity index is 287. The van der Waals surface area contributed by atoms with E-state index in [9.17, 15) is 0 Å². The number of nitrogens with two attached hydrogens (primary N) is 1. The maximum Gasteiger partial charge on any atom is 0.0449 e. The Balaban J connectivity index is 2.47. The average Bonchev–Trinajstić information content (AvgIpc) is 2.62. The van der Waals surface area contributed by atoms with Crippen LogP contribution < -0.4 is 5.73 Å². The zero-order valence-corrected chi connectivity index (χ0v) is 8.14. The molecule has 2 nitrogen and oxygen atoms in total. The van der Waals surface area contributed by atoms with Gasteiger partial charge in [0.25, 0.3) is 0 Å². The van der Waals surface area contributed by atoms with E-state index in [0.29, 0.717) is 6.54 Å². The largest absolute Gasteiger partial charge is 0.326 e. The third-order valence-electron chi connectivity index (χ3n) is 2.77. The van der Waals surface area contributed by atoms with Crippen molar-refractivity contribution in [3.63, 3.8) is 0 Å². The van der Waals surface area contributed by atoms with Crippen LogP contribution in [0.25, 0.3) is 0 Å². The second-order valence-electron chi connectivity index (χ2n) is 3.61. The second-order valence-corrected chi connectivity index (χ2v) is 3.61. The molecule has 1 aromatic rings. The summed E-state index contributed by atoms with van der Waals surface area (Å²) in [4.78, 5) is 4.66. The topological polar surface area (TPSA) is 38.9 Å². The number of rotatable bonds is 2. The molecule has 1 heterocycles. The van der Waals surface area contributed by atoms with E-state index in [1.165, 1.54) is 35.4 Å². The predicted molar refractivity (Wildman–Crippen MR) is 53.5 cm³/mol. The van der Waals surface area contributed by atoms with Crippen molar-refractivity contribution in [1.29, 1.82) is 0 Å². The molecule has 13 heavy (non-hydrogen) atoms. The minimum atomic E-state index is 0.628. The normalized spacial score (nSPS) is 14.6. The summed E-state index contributed by atoms with van der Waals surface area (Å²) in [5.41, 5.74) is 10.9. The molecule has 0 unspecified atom stereocenters. The average molecular weight is 176 g/mol. The number of hydrogen-bond acceptors (Lipinski definition) is 2. The number of nitrogens with zero attached hydrogens (tertiary/aromatic N) is 1. The van der Waals surface area contributed by atoms with Crippen LogP contribution in [0.3, 0.4) is 0 Å². The molecule has 0 aliphatic heterocycles. The number of fused-ring (bicyclic) bond motifs is 1. The molecule has 1 aromatic heterocycles. The van der Waals surface area contributed by atoms with Crippen molar-refractivity contribution in [2.45, 2.75) is 39.2 Å². The van der Waals surface area contributed by atoms with Crippen molar-refractivity contribution < 1.29 is 0 Å². The maximum atomic E-state index is 5.68. The smallest absolute Gasteiger partial charge is 0.0449 e. The molecule has 0 atom stereocenters. The van der Waals surface area contributed by atoms with Gasteiger partial charge in [0.05, 0.1) is 0 Å². The Hall–Kier alpha value is -0.890. The van der Waals surface area contributed by atoms with Gasteiger partial charge in [-0.25, -0.2) is 0 Å². The van der Waals surface area contributed by atoms with Crippen molar-refractivity contribution in [1.82, 2.24) is 4.98 Å². The van der Waals surface area contributed by atoms with Gasteiger partial charge in [0.1, 0.15) is 0 Å². The molecule has 0 saturated carbocycles. The Morgan fingerprint density at radius 3 is 3.00 bits per heavy atom. The van der Waals surface area contributed by atoms with Crippen LogP contribution in [-0.2, 0) is 25.8 Å². The predicted octanol–water partition coefficient (Wildman–Crippen LogP) is 1.59. The van der Waals surface area contributed by atoms with E-state index in [4.69, 9.17) is 5.73 Å². The van der Waals surface area contributed by atoms with E-state index in [2.05, 4.69) is 18.0 Å². The number of hydrogen-bond donors (Lipinski definition) is 1. The summed E-state index contributed by atoms with van der Waals surface area (Å²) < 4.78 is 0. The van der Waals surface area contributed by atoms with Gasteiger partial charge in [-0.1, -0.05) is 13.0 Å². The number of pyridine rings is 1. The molecule has 2 rings (SSSR count). The highest BCUT2D eigenvalue weighted by Gasteiger charge is 2.14. The monoisotopic (exact) mass is 176 g/mol. The third kappa shape index (κ3) is 1.46. The number of aryl methyl sites for hydroxylation is 3. The zero-order chi connectivity index (χ0) is 9.26. The zero-order valence-electron chi connectivity index (χ0n) is 8.14. The second kappa shape index (κ2) is 3.46. The van der Waals surface area contributed by atoms with E-state index in [-0.39, 0.29) is 0 Å². The fourth-order valence-corrected chi connectivity index (χ4v) is 2.05. The molecule has 2 heteroatoms. The summed E-state index contributed by atoms with van der Waals surface area (Å²) in [6.45, 7) is 2.77. The molecule has 1 aliphatic rings. The maximum absolute atomic E-state index is 5.68. The van der Waals surface area contributed by atoms with Crippen LogP contribution >= 0.6 is 0 Å². The summed E-state index contributed by atoms with van der Waals surface area (Å²) in [6.07, 6.45) is 4.62. The SMILES string of the molecule is CCc1nc2c(cc1CN)CCC2. The fourth-order valence-electron chi connectivity index (χ4n) is 2.05. The standard InChI is InChI=1S/C11H16N2/c1-2-10-9(7-12)6-8-4-3-5-11(8)13-10/h6H,2-5,7,12H2,1H3. The number of aromatic nitrogens is 1. The molecular formula is C11H16N2. The van der Waals surface area contributed by atoms with Gasteiger partial charge in [0.2, 0.25) is 0 Å². The lowest BCUT2D eigenvalue weighted by atomic mass is 10.1. The quantitative estimate of drug-likeness (QED) is 0.743. The van der Waals surface area contributed by atoms with Gasteiger partial charge in [-0.15, -0.1) is 0 Å². The lowest BCUT2D eigenvalue weighted by Crippen LogP contribution is -2.05. The lowest BCUT2D eigenvalue weighted by Gasteiger charge is -2.07. The highest BCUT2D eigenvalue weighted by Crippen LogP contribution is 2.22. The van der Waals surface area contributed by atoms with Crippen LogP contribution in [0.15, 0.2) is 6.07 Å². The van der Waals surface area contributed by atoms with Crippen molar-refractivity contribution in [2.75, 3.05) is 0 Å². The first-order chi connectivity index (χ1) is 6.35. The van der Waals surface area contributed by atoms with Crippen molar-refractivity contribution in [3.8, 4) is 0 Å². The first kappa shape index (κ1) is 8.70. The highest BCUT2D eigenvalue weighted by atomic mass is 14.7. The van der Waals surface area contributed by atoms with Crippen LogP contribution in [0.4, 0.5) is 0 Å². The molecule has 2 N–H and O–H groups in total. The molecule has 0 bridgehead atoms. The summed E-state index contributed by atoms with van der Waals surface area (Å²) in [5.74, 6) is 0. The molecule has 70 valence electrons. The molecule has 0 radical (unpaired) electrons. The van der Waals surface area contributed by atoms with Crippen LogP contribution in [0.1, 0.15) is 35.9 Å². The minimum absolute atomic E-state index is 0.628. The first-order valence-corrected chi connectivity index (χ1v) is 5.05. The Morgan fingerprint density at radius 2 is 2.31 bits per heavy atom. The fraction of sp³-hybridized carbons (Fsp3) is 0.545. The van der Waals surface area contributed by atoms with Crippen molar-refractivity contribution in [3.05, 3.63) is 28.6 Å². The van der Waals surface area contributed by atoms with Gasteiger partial charge >= 0.3 is 0 Å². The van der Waals surface area contributed by atoms with Crippen molar-refractivity contribution >= 4 is 0 Å².